The Labute approximate surface area is 195 Å². The number of carbonyl (C=O) groups is 1. The molecule has 1 atom stereocenters. The van der Waals surface area contributed by atoms with Crippen LogP contribution >= 0.6 is 0 Å². The minimum Gasteiger partial charge on any atom is -0.497 e. The Morgan fingerprint density at radius 2 is 2.12 bits per heavy atom. The standard InChI is InChI=1S/C24H35N7O2/c1-3-4-15-31-21(23(32)28-16-18-8-10-20(33-2)11-9-18)22(27-13-6-12-25)29-24(31)30-14-5-7-19(26)17-30/h8-11,19,27H,5-7,12-17,25-26H2,1-2H3,(H,28,32)/t19-/m1/s1. The van der Waals surface area contributed by atoms with Gasteiger partial charge in [-0.2, -0.15) is 4.98 Å². The van der Waals surface area contributed by atoms with E-state index in [0.717, 1.165) is 43.1 Å². The van der Waals surface area contributed by atoms with E-state index in [4.69, 9.17) is 21.2 Å². The molecule has 1 aromatic heterocycles. The van der Waals surface area contributed by atoms with Crippen LogP contribution in [-0.4, -0.2) is 54.8 Å². The molecule has 9 heteroatoms. The lowest BCUT2D eigenvalue weighted by Crippen LogP contribution is -2.44. The maximum Gasteiger partial charge on any atom is 0.272 e. The van der Waals surface area contributed by atoms with Crippen molar-refractivity contribution >= 4 is 17.7 Å². The van der Waals surface area contributed by atoms with Crippen molar-refractivity contribution in [2.45, 2.75) is 45.3 Å². The molecular formula is C24H35N7O2. The van der Waals surface area contributed by atoms with Gasteiger partial charge in [0.05, 0.1) is 13.7 Å². The number of aromatic nitrogens is 2. The third-order valence-corrected chi connectivity index (χ3v) is 5.60. The van der Waals surface area contributed by atoms with Crippen molar-refractivity contribution in [2.75, 3.05) is 43.5 Å². The van der Waals surface area contributed by atoms with Crippen LogP contribution in [-0.2, 0) is 13.1 Å². The smallest absolute Gasteiger partial charge is 0.272 e. The number of imidazole rings is 1. The molecule has 33 heavy (non-hydrogen) atoms. The highest BCUT2D eigenvalue weighted by atomic mass is 16.5. The fraction of sp³-hybridized carbons (Fsp3) is 0.500. The van der Waals surface area contributed by atoms with E-state index in [2.05, 4.69) is 27.4 Å². The Morgan fingerprint density at radius 3 is 2.79 bits per heavy atom. The molecule has 2 heterocycles. The number of nitrogens with one attached hydrogen (secondary N) is 2. The van der Waals surface area contributed by atoms with Crippen LogP contribution in [0.3, 0.4) is 0 Å². The molecule has 0 radical (unpaired) electrons. The molecule has 0 spiro atoms. The first-order valence-corrected chi connectivity index (χ1v) is 11.4. The van der Waals surface area contributed by atoms with Crippen molar-refractivity contribution in [1.29, 1.82) is 0 Å². The fourth-order valence-corrected chi connectivity index (χ4v) is 3.85. The second-order valence-corrected chi connectivity index (χ2v) is 8.07. The van der Waals surface area contributed by atoms with Gasteiger partial charge in [-0.05, 0) is 50.4 Å². The highest BCUT2D eigenvalue weighted by molar-refractivity contribution is 5.98. The molecule has 6 N–H and O–H groups in total. The molecule has 1 aliphatic heterocycles. The zero-order chi connectivity index (χ0) is 23.6. The van der Waals surface area contributed by atoms with Crippen molar-refractivity contribution in [3.8, 4) is 17.6 Å². The number of nitrogens with two attached hydrogens (primary N) is 2. The van der Waals surface area contributed by atoms with Gasteiger partial charge in [0.25, 0.3) is 5.91 Å². The second kappa shape index (κ2) is 12.1. The molecule has 0 bridgehead atoms. The van der Waals surface area contributed by atoms with Crippen LogP contribution in [0.25, 0.3) is 0 Å². The maximum atomic E-state index is 13.4. The van der Waals surface area contributed by atoms with Crippen molar-refractivity contribution in [3.63, 3.8) is 0 Å². The van der Waals surface area contributed by atoms with E-state index < -0.39 is 0 Å². The van der Waals surface area contributed by atoms with Crippen LogP contribution in [0, 0.1) is 11.8 Å². The van der Waals surface area contributed by atoms with E-state index in [0.29, 0.717) is 44.2 Å². The molecule has 3 rings (SSSR count). The van der Waals surface area contributed by atoms with Gasteiger partial charge in [0.2, 0.25) is 5.95 Å². The summed E-state index contributed by atoms with van der Waals surface area (Å²) in [6.45, 7) is 5.28. The SMILES string of the molecule is CC#CCn1c(N2CCC[C@@H](N)C2)nc(NCCCN)c1C(=O)NCc1ccc(OC)cc1. The predicted octanol–water partition coefficient (Wildman–Crippen LogP) is 1.53. The van der Waals surface area contributed by atoms with E-state index in [9.17, 15) is 4.79 Å². The summed E-state index contributed by atoms with van der Waals surface area (Å²) in [5.41, 5.74) is 13.3. The zero-order valence-electron chi connectivity index (χ0n) is 19.6. The molecule has 2 aromatic rings. The van der Waals surface area contributed by atoms with Gasteiger partial charge in [-0.25, -0.2) is 0 Å². The molecule has 1 aliphatic rings. The largest absolute Gasteiger partial charge is 0.497 e. The average molecular weight is 454 g/mol. The number of piperidine rings is 1. The minimum absolute atomic E-state index is 0.0853. The topological polar surface area (TPSA) is 123 Å². The second-order valence-electron chi connectivity index (χ2n) is 8.07. The number of methoxy groups -OCH3 is 1. The summed E-state index contributed by atoms with van der Waals surface area (Å²) in [6, 6.07) is 7.70. The number of carbonyl (C=O) groups excluding carboxylic acids is 1. The van der Waals surface area contributed by atoms with Crippen LogP contribution in [0.15, 0.2) is 24.3 Å². The molecule has 0 unspecified atom stereocenters. The molecular weight excluding hydrogens is 418 g/mol. The number of rotatable bonds is 10. The Balaban J connectivity index is 1.90. The number of amides is 1. The van der Waals surface area contributed by atoms with Crippen molar-refractivity contribution in [3.05, 3.63) is 35.5 Å². The van der Waals surface area contributed by atoms with Gasteiger partial charge in [-0.1, -0.05) is 18.1 Å². The number of ether oxygens (including phenoxy) is 1. The molecule has 1 amide bonds. The fourth-order valence-electron chi connectivity index (χ4n) is 3.85. The Bertz CT molecular complexity index is 975. The van der Waals surface area contributed by atoms with Crippen molar-refractivity contribution in [2.24, 2.45) is 11.5 Å². The third-order valence-electron chi connectivity index (χ3n) is 5.60. The first-order chi connectivity index (χ1) is 16.1. The van der Waals surface area contributed by atoms with E-state index >= 15 is 0 Å². The molecule has 0 saturated carbocycles. The monoisotopic (exact) mass is 453 g/mol. The highest BCUT2D eigenvalue weighted by Crippen LogP contribution is 2.26. The molecule has 0 aliphatic carbocycles. The molecule has 1 aromatic carbocycles. The van der Waals surface area contributed by atoms with Crippen molar-refractivity contribution < 1.29 is 9.53 Å². The lowest BCUT2D eigenvalue weighted by atomic mass is 10.1. The first kappa shape index (κ1) is 24.4. The van der Waals surface area contributed by atoms with E-state index in [1.807, 2.05) is 28.8 Å². The predicted molar refractivity (Wildman–Crippen MR) is 131 cm³/mol. The molecule has 1 saturated heterocycles. The van der Waals surface area contributed by atoms with Crippen molar-refractivity contribution in [1.82, 2.24) is 14.9 Å². The Hall–Kier alpha value is -3.22. The van der Waals surface area contributed by atoms with Crippen LogP contribution in [0.2, 0.25) is 0 Å². The van der Waals surface area contributed by atoms with E-state index in [1.165, 1.54) is 0 Å². The van der Waals surface area contributed by atoms with Gasteiger partial charge in [-0.15, -0.1) is 5.92 Å². The van der Waals surface area contributed by atoms with E-state index in [-0.39, 0.29) is 11.9 Å². The summed E-state index contributed by atoms with van der Waals surface area (Å²) in [7, 11) is 1.63. The number of nitrogens with zero attached hydrogens (tertiary/aromatic N) is 3. The van der Waals surface area contributed by atoms with Gasteiger partial charge in [0.15, 0.2) is 11.5 Å². The number of hydrogen-bond acceptors (Lipinski definition) is 7. The van der Waals surface area contributed by atoms with E-state index in [1.54, 1.807) is 14.0 Å². The van der Waals surface area contributed by atoms with Crippen LogP contribution in [0.4, 0.5) is 11.8 Å². The normalized spacial score (nSPS) is 15.5. The Morgan fingerprint density at radius 1 is 1.33 bits per heavy atom. The number of hydrogen-bond donors (Lipinski definition) is 4. The lowest BCUT2D eigenvalue weighted by molar-refractivity contribution is 0.0943. The van der Waals surface area contributed by atoms with Gasteiger partial charge < -0.3 is 31.7 Å². The third kappa shape index (κ3) is 6.40. The Kier molecular flexibility index (Phi) is 8.98. The zero-order valence-corrected chi connectivity index (χ0v) is 19.6. The average Bonchev–Trinajstić information content (AvgIpc) is 3.20. The first-order valence-electron chi connectivity index (χ1n) is 11.4. The summed E-state index contributed by atoms with van der Waals surface area (Å²) >= 11 is 0. The molecule has 178 valence electrons. The van der Waals surface area contributed by atoms with Gasteiger partial charge >= 0.3 is 0 Å². The summed E-state index contributed by atoms with van der Waals surface area (Å²) in [4.78, 5) is 20.4. The summed E-state index contributed by atoms with van der Waals surface area (Å²) in [5, 5.41) is 6.33. The van der Waals surface area contributed by atoms with Gasteiger partial charge in [0, 0.05) is 32.2 Å². The summed E-state index contributed by atoms with van der Waals surface area (Å²) < 4.78 is 7.10. The lowest BCUT2D eigenvalue weighted by Gasteiger charge is -2.31. The quantitative estimate of drug-likeness (QED) is 0.318. The number of benzene rings is 1. The number of anilines is 2. The summed E-state index contributed by atoms with van der Waals surface area (Å²) in [5.74, 6) is 7.85. The van der Waals surface area contributed by atoms with Crippen LogP contribution < -0.4 is 31.7 Å². The summed E-state index contributed by atoms with van der Waals surface area (Å²) in [6.07, 6.45) is 2.75. The molecule has 9 nitrogen and oxygen atoms in total. The van der Waals surface area contributed by atoms with Gasteiger partial charge in [0.1, 0.15) is 5.75 Å². The van der Waals surface area contributed by atoms with Crippen LogP contribution in [0.5, 0.6) is 5.75 Å². The maximum absolute atomic E-state index is 13.4. The van der Waals surface area contributed by atoms with Crippen LogP contribution in [0.1, 0.15) is 42.2 Å². The van der Waals surface area contributed by atoms with Gasteiger partial charge in [-0.3, -0.25) is 9.36 Å². The minimum atomic E-state index is -0.209. The molecule has 1 fully saturated rings. The highest BCUT2D eigenvalue weighted by Gasteiger charge is 2.28.